The zero-order valence-corrected chi connectivity index (χ0v) is 16.8. The Bertz CT molecular complexity index is 606. The number of ether oxygens (including phenoxy) is 1. The van der Waals surface area contributed by atoms with E-state index in [1.807, 2.05) is 30.3 Å². The number of benzene rings is 1. The molecule has 0 radical (unpaired) electrons. The Morgan fingerprint density at radius 1 is 0.960 bits per heavy atom. The summed E-state index contributed by atoms with van der Waals surface area (Å²) in [6.45, 7) is 10.8. The molecule has 0 unspecified atom stereocenters. The maximum absolute atomic E-state index is 13.2. The molecule has 0 atom stereocenters. The van der Waals surface area contributed by atoms with Gasteiger partial charge in [0.1, 0.15) is 0 Å². The Morgan fingerprint density at radius 2 is 1.48 bits per heavy atom. The first-order chi connectivity index (χ1) is 11.6. The Balaban J connectivity index is 3.19. The average molecular weight is 368 g/mol. The van der Waals surface area contributed by atoms with Gasteiger partial charge in [-0.2, -0.15) is 0 Å². The second-order valence-electron chi connectivity index (χ2n) is 6.60. The lowest BCUT2D eigenvalue weighted by molar-refractivity contribution is -0.141. The van der Waals surface area contributed by atoms with Crippen LogP contribution >= 0.6 is 7.60 Å². The van der Waals surface area contributed by atoms with Crippen molar-refractivity contribution in [1.82, 2.24) is 0 Å². The van der Waals surface area contributed by atoms with E-state index >= 15 is 0 Å². The number of carbonyl (C=O) groups excluding carboxylic acids is 1. The summed E-state index contributed by atoms with van der Waals surface area (Å²) < 4.78 is 29.6. The molecule has 0 spiro atoms. The number of esters is 1. The standard InChI is InChI=1S/C19H29O5P/c1-14(2)22-19(20)12-18(17-10-8-7-9-11-17)13-25(21,23-15(3)4)24-16(5)6/h7-12,14-16H,13H2,1-6H3/b18-12+. The summed E-state index contributed by atoms with van der Waals surface area (Å²) in [4.78, 5) is 12.1. The Hall–Kier alpha value is -1.42. The first-order valence-corrected chi connectivity index (χ1v) is 10.3. The molecule has 0 heterocycles. The van der Waals surface area contributed by atoms with Crippen LogP contribution in [0.15, 0.2) is 36.4 Å². The first kappa shape index (κ1) is 21.6. The lowest BCUT2D eigenvalue weighted by Crippen LogP contribution is -2.13. The fourth-order valence-corrected chi connectivity index (χ4v) is 4.41. The summed E-state index contributed by atoms with van der Waals surface area (Å²) in [5.41, 5.74) is 1.35. The molecule has 0 bridgehead atoms. The van der Waals surface area contributed by atoms with Crippen LogP contribution in [0.1, 0.15) is 47.1 Å². The van der Waals surface area contributed by atoms with Gasteiger partial charge in [-0.3, -0.25) is 4.57 Å². The van der Waals surface area contributed by atoms with Gasteiger partial charge in [0.2, 0.25) is 0 Å². The molecule has 1 aromatic rings. The van der Waals surface area contributed by atoms with Crippen LogP contribution in [-0.4, -0.2) is 30.4 Å². The SMILES string of the molecule is CC(C)OC(=O)/C=C(\CP(=O)(OC(C)C)OC(C)C)c1ccccc1. The molecular formula is C19H29O5P. The molecule has 1 aromatic carbocycles. The van der Waals surface area contributed by atoms with Crippen molar-refractivity contribution in [2.24, 2.45) is 0 Å². The summed E-state index contributed by atoms with van der Waals surface area (Å²) in [6, 6.07) is 9.29. The van der Waals surface area contributed by atoms with E-state index in [1.54, 1.807) is 41.5 Å². The molecule has 0 amide bonds. The normalized spacial score (nSPS) is 12.9. The average Bonchev–Trinajstić information content (AvgIpc) is 2.44. The fourth-order valence-electron chi connectivity index (χ4n) is 2.23. The summed E-state index contributed by atoms with van der Waals surface area (Å²) in [5.74, 6) is -0.477. The van der Waals surface area contributed by atoms with Crippen molar-refractivity contribution in [2.45, 2.75) is 59.9 Å². The third kappa shape index (κ3) is 8.48. The van der Waals surface area contributed by atoms with Crippen molar-refractivity contribution in [2.75, 3.05) is 6.16 Å². The van der Waals surface area contributed by atoms with Gasteiger partial charge >= 0.3 is 13.6 Å². The molecular weight excluding hydrogens is 339 g/mol. The zero-order chi connectivity index (χ0) is 19.0. The Labute approximate surface area is 150 Å². The van der Waals surface area contributed by atoms with Gasteiger partial charge in [0.25, 0.3) is 0 Å². The second kappa shape index (κ2) is 9.91. The summed E-state index contributed by atoms with van der Waals surface area (Å²) in [7, 11) is -3.42. The lowest BCUT2D eigenvalue weighted by Gasteiger charge is -2.24. The van der Waals surface area contributed by atoms with E-state index < -0.39 is 13.6 Å². The molecule has 0 saturated heterocycles. The quantitative estimate of drug-likeness (QED) is 0.346. The van der Waals surface area contributed by atoms with Crippen LogP contribution in [0.4, 0.5) is 0 Å². The van der Waals surface area contributed by atoms with E-state index in [2.05, 4.69) is 0 Å². The van der Waals surface area contributed by atoms with Crippen molar-refractivity contribution in [3.8, 4) is 0 Å². The summed E-state index contributed by atoms with van der Waals surface area (Å²) in [5, 5.41) is 0. The minimum absolute atomic E-state index is 0.000564. The maximum Gasteiger partial charge on any atom is 0.335 e. The van der Waals surface area contributed by atoms with E-state index in [1.165, 1.54) is 6.08 Å². The molecule has 0 fully saturated rings. The minimum atomic E-state index is -3.42. The van der Waals surface area contributed by atoms with E-state index in [4.69, 9.17) is 13.8 Å². The molecule has 5 nitrogen and oxygen atoms in total. The van der Waals surface area contributed by atoms with Crippen molar-refractivity contribution in [1.29, 1.82) is 0 Å². The van der Waals surface area contributed by atoms with Gasteiger partial charge in [0, 0.05) is 6.08 Å². The predicted octanol–water partition coefficient (Wildman–Crippen LogP) is 5.06. The molecule has 1 rings (SSSR count). The second-order valence-corrected chi connectivity index (χ2v) is 8.56. The third-order valence-electron chi connectivity index (χ3n) is 2.90. The highest BCUT2D eigenvalue weighted by atomic mass is 31.2. The minimum Gasteiger partial charge on any atom is -0.460 e. The monoisotopic (exact) mass is 368 g/mol. The molecule has 0 N–H and O–H groups in total. The highest BCUT2D eigenvalue weighted by molar-refractivity contribution is 7.54. The van der Waals surface area contributed by atoms with Gasteiger partial charge in [0.15, 0.2) is 0 Å². The van der Waals surface area contributed by atoms with Gasteiger partial charge < -0.3 is 13.8 Å². The number of hydrogen-bond acceptors (Lipinski definition) is 5. The highest BCUT2D eigenvalue weighted by Crippen LogP contribution is 2.53. The van der Waals surface area contributed by atoms with Gasteiger partial charge in [0.05, 0.1) is 24.5 Å². The van der Waals surface area contributed by atoms with Crippen molar-refractivity contribution < 1.29 is 23.1 Å². The van der Waals surface area contributed by atoms with E-state index in [-0.39, 0.29) is 24.5 Å². The predicted molar refractivity (Wildman–Crippen MR) is 101 cm³/mol. The van der Waals surface area contributed by atoms with E-state index in [0.717, 1.165) is 5.56 Å². The highest BCUT2D eigenvalue weighted by Gasteiger charge is 2.30. The zero-order valence-electron chi connectivity index (χ0n) is 15.9. The van der Waals surface area contributed by atoms with Crippen molar-refractivity contribution >= 4 is 19.1 Å². The van der Waals surface area contributed by atoms with Gasteiger partial charge in [-0.25, -0.2) is 4.79 Å². The number of rotatable bonds is 9. The lowest BCUT2D eigenvalue weighted by atomic mass is 10.1. The molecule has 0 aromatic heterocycles. The third-order valence-corrected chi connectivity index (χ3v) is 5.11. The molecule has 6 heteroatoms. The van der Waals surface area contributed by atoms with Crippen LogP contribution < -0.4 is 0 Å². The van der Waals surface area contributed by atoms with Crippen LogP contribution in [0.25, 0.3) is 5.57 Å². The van der Waals surface area contributed by atoms with Gasteiger partial charge in [-0.15, -0.1) is 0 Å². The molecule has 0 saturated carbocycles. The van der Waals surface area contributed by atoms with E-state index in [0.29, 0.717) is 5.57 Å². The Morgan fingerprint density at radius 3 is 1.92 bits per heavy atom. The van der Waals surface area contributed by atoms with Crippen LogP contribution in [0.2, 0.25) is 0 Å². The summed E-state index contributed by atoms with van der Waals surface area (Å²) >= 11 is 0. The maximum atomic E-state index is 13.2. The van der Waals surface area contributed by atoms with Crippen LogP contribution in [-0.2, 0) is 23.1 Å². The molecule has 0 aliphatic heterocycles. The number of carbonyl (C=O) groups is 1. The molecule has 0 aliphatic rings. The largest absolute Gasteiger partial charge is 0.460 e. The smallest absolute Gasteiger partial charge is 0.335 e. The number of hydrogen-bond donors (Lipinski definition) is 0. The van der Waals surface area contributed by atoms with Crippen molar-refractivity contribution in [3.63, 3.8) is 0 Å². The summed E-state index contributed by atoms with van der Waals surface area (Å²) in [6.07, 6.45) is 0.621. The van der Waals surface area contributed by atoms with Crippen LogP contribution in [0, 0.1) is 0 Å². The molecule has 25 heavy (non-hydrogen) atoms. The van der Waals surface area contributed by atoms with Crippen LogP contribution in [0.5, 0.6) is 0 Å². The van der Waals surface area contributed by atoms with Gasteiger partial charge in [-0.1, -0.05) is 30.3 Å². The topological polar surface area (TPSA) is 61.8 Å². The fraction of sp³-hybridized carbons (Fsp3) is 0.526. The van der Waals surface area contributed by atoms with E-state index in [9.17, 15) is 9.36 Å². The first-order valence-electron chi connectivity index (χ1n) is 8.53. The molecule has 140 valence electrons. The number of allylic oxidation sites excluding steroid dienone is 1. The van der Waals surface area contributed by atoms with Crippen LogP contribution in [0.3, 0.4) is 0 Å². The van der Waals surface area contributed by atoms with Crippen molar-refractivity contribution in [3.05, 3.63) is 42.0 Å². The Kier molecular flexibility index (Phi) is 8.57. The molecule has 0 aliphatic carbocycles. The van der Waals surface area contributed by atoms with Gasteiger partial charge in [-0.05, 0) is 52.7 Å².